The van der Waals surface area contributed by atoms with Gasteiger partial charge in [-0.05, 0) is 19.1 Å². The molecule has 2 aromatic rings. The minimum atomic E-state index is 0.775. The number of thiazole rings is 1. The molecule has 0 aliphatic heterocycles. The van der Waals surface area contributed by atoms with Crippen molar-refractivity contribution in [1.82, 2.24) is 10.3 Å². The zero-order valence-electron chi connectivity index (χ0n) is 9.62. The molecule has 0 bridgehead atoms. The van der Waals surface area contributed by atoms with Crippen molar-refractivity contribution in [3.05, 3.63) is 39.7 Å². The normalized spacial score (nSPS) is 10.9. The number of nitrogens with zero attached hydrogens (tertiary/aromatic N) is 1. The van der Waals surface area contributed by atoms with Gasteiger partial charge in [0.05, 0.1) is 11.6 Å². The molecule has 2 aromatic heterocycles. The largest absolute Gasteiger partial charge is 0.465 e. The molecule has 0 saturated carbocycles. The van der Waals surface area contributed by atoms with E-state index in [9.17, 15) is 0 Å². The fourth-order valence-corrected chi connectivity index (χ4v) is 2.27. The van der Waals surface area contributed by atoms with E-state index in [-0.39, 0.29) is 0 Å². The summed E-state index contributed by atoms with van der Waals surface area (Å²) in [5.41, 5.74) is 0. The smallest absolute Gasteiger partial charge is 0.117 e. The third kappa shape index (κ3) is 2.93. The molecule has 0 amide bonds. The first-order valence-corrected chi connectivity index (χ1v) is 6.29. The molecule has 0 saturated heterocycles. The third-order valence-electron chi connectivity index (χ3n) is 2.33. The summed E-state index contributed by atoms with van der Waals surface area (Å²) in [6.07, 6.45) is 2.88. The Balaban J connectivity index is 1.79. The van der Waals surface area contributed by atoms with Gasteiger partial charge in [-0.2, -0.15) is 0 Å². The van der Waals surface area contributed by atoms with Gasteiger partial charge in [-0.25, -0.2) is 4.98 Å². The number of aryl methyl sites for hydroxylation is 2. The van der Waals surface area contributed by atoms with E-state index in [0.717, 1.165) is 36.0 Å². The summed E-state index contributed by atoms with van der Waals surface area (Å²) in [4.78, 5) is 5.48. The van der Waals surface area contributed by atoms with Gasteiger partial charge in [-0.15, -0.1) is 11.3 Å². The number of hydrogen-bond donors (Lipinski definition) is 1. The predicted molar refractivity (Wildman–Crippen MR) is 65.5 cm³/mol. The monoisotopic (exact) mass is 236 g/mol. The van der Waals surface area contributed by atoms with E-state index >= 15 is 0 Å². The molecule has 0 aromatic carbocycles. The highest BCUT2D eigenvalue weighted by Crippen LogP contribution is 2.12. The van der Waals surface area contributed by atoms with Crippen molar-refractivity contribution in [1.29, 1.82) is 0 Å². The minimum Gasteiger partial charge on any atom is -0.465 e. The Labute approximate surface area is 99.5 Å². The highest BCUT2D eigenvalue weighted by molar-refractivity contribution is 7.11. The van der Waals surface area contributed by atoms with Crippen LogP contribution in [0.1, 0.15) is 28.3 Å². The molecule has 0 fully saturated rings. The Morgan fingerprint density at radius 3 is 2.75 bits per heavy atom. The molecule has 1 N–H and O–H groups in total. The summed E-state index contributed by atoms with van der Waals surface area (Å²) in [5.74, 6) is 2.04. The van der Waals surface area contributed by atoms with Crippen LogP contribution in [0, 0.1) is 6.92 Å². The summed E-state index contributed by atoms with van der Waals surface area (Å²) in [5, 5.41) is 4.46. The van der Waals surface area contributed by atoms with Gasteiger partial charge in [0.15, 0.2) is 0 Å². The zero-order chi connectivity index (χ0) is 11.4. The van der Waals surface area contributed by atoms with Gasteiger partial charge in [0, 0.05) is 24.0 Å². The molecule has 4 heteroatoms. The number of hydrogen-bond acceptors (Lipinski definition) is 4. The maximum absolute atomic E-state index is 5.60. The Morgan fingerprint density at radius 2 is 2.12 bits per heavy atom. The van der Waals surface area contributed by atoms with Crippen molar-refractivity contribution in [3.63, 3.8) is 0 Å². The molecular formula is C12H16N2OS. The SMILES string of the molecule is CCc1ccc(CNCc2cnc(C)s2)o1. The van der Waals surface area contributed by atoms with Crippen LogP contribution in [0.5, 0.6) is 0 Å². The lowest BCUT2D eigenvalue weighted by atomic mass is 10.3. The van der Waals surface area contributed by atoms with Crippen LogP contribution >= 0.6 is 11.3 Å². The van der Waals surface area contributed by atoms with Crippen molar-refractivity contribution in [3.8, 4) is 0 Å². The summed E-state index contributed by atoms with van der Waals surface area (Å²) >= 11 is 1.73. The second-order valence-electron chi connectivity index (χ2n) is 3.67. The molecule has 16 heavy (non-hydrogen) atoms. The molecule has 3 nitrogen and oxygen atoms in total. The highest BCUT2D eigenvalue weighted by Gasteiger charge is 2.01. The fraction of sp³-hybridized carbons (Fsp3) is 0.417. The predicted octanol–water partition coefficient (Wildman–Crippen LogP) is 2.90. The first-order chi connectivity index (χ1) is 7.78. The molecule has 0 unspecified atom stereocenters. The first kappa shape index (κ1) is 11.4. The van der Waals surface area contributed by atoms with Crippen LogP contribution in [0.15, 0.2) is 22.7 Å². The molecule has 0 atom stereocenters. The van der Waals surface area contributed by atoms with Crippen molar-refractivity contribution in [2.75, 3.05) is 0 Å². The first-order valence-electron chi connectivity index (χ1n) is 5.47. The van der Waals surface area contributed by atoms with Gasteiger partial charge in [0.25, 0.3) is 0 Å². The maximum atomic E-state index is 5.60. The van der Waals surface area contributed by atoms with Crippen LogP contribution in [0.2, 0.25) is 0 Å². The van der Waals surface area contributed by atoms with Gasteiger partial charge in [-0.1, -0.05) is 6.92 Å². The van der Waals surface area contributed by atoms with E-state index in [1.807, 2.05) is 25.3 Å². The van der Waals surface area contributed by atoms with Gasteiger partial charge in [0.1, 0.15) is 11.5 Å². The average Bonchev–Trinajstić information content (AvgIpc) is 2.88. The van der Waals surface area contributed by atoms with E-state index in [4.69, 9.17) is 4.42 Å². The third-order valence-corrected chi connectivity index (χ3v) is 3.25. The van der Waals surface area contributed by atoms with E-state index in [0.29, 0.717) is 0 Å². The van der Waals surface area contributed by atoms with Gasteiger partial charge < -0.3 is 9.73 Å². The fourth-order valence-electron chi connectivity index (χ4n) is 1.50. The van der Waals surface area contributed by atoms with Crippen LogP contribution in [-0.2, 0) is 19.5 Å². The van der Waals surface area contributed by atoms with E-state index < -0.39 is 0 Å². The highest BCUT2D eigenvalue weighted by atomic mass is 32.1. The van der Waals surface area contributed by atoms with E-state index in [1.165, 1.54) is 4.88 Å². The maximum Gasteiger partial charge on any atom is 0.117 e. The van der Waals surface area contributed by atoms with Crippen molar-refractivity contribution < 1.29 is 4.42 Å². The Hall–Kier alpha value is -1.13. The number of aromatic nitrogens is 1. The van der Waals surface area contributed by atoms with Crippen molar-refractivity contribution in [2.45, 2.75) is 33.4 Å². The lowest BCUT2D eigenvalue weighted by Crippen LogP contribution is -2.11. The molecule has 0 aliphatic carbocycles. The number of rotatable bonds is 5. The number of furan rings is 1. The zero-order valence-corrected chi connectivity index (χ0v) is 10.4. The van der Waals surface area contributed by atoms with E-state index in [1.54, 1.807) is 11.3 Å². The average molecular weight is 236 g/mol. The summed E-state index contributed by atoms with van der Waals surface area (Å²) < 4.78 is 5.60. The molecule has 0 radical (unpaired) electrons. The Bertz CT molecular complexity index is 447. The Morgan fingerprint density at radius 1 is 1.31 bits per heavy atom. The van der Waals surface area contributed by atoms with Gasteiger partial charge in [-0.3, -0.25) is 0 Å². The molecule has 2 heterocycles. The summed E-state index contributed by atoms with van der Waals surface area (Å²) in [7, 11) is 0. The minimum absolute atomic E-state index is 0.775. The summed E-state index contributed by atoms with van der Waals surface area (Å²) in [6.45, 7) is 5.75. The quantitative estimate of drug-likeness (QED) is 0.867. The second kappa shape index (κ2) is 5.27. The standard InChI is InChI=1S/C12H16N2OS/c1-3-10-4-5-11(15-10)6-13-7-12-8-14-9(2)16-12/h4-5,8,13H,3,6-7H2,1-2H3. The van der Waals surface area contributed by atoms with Gasteiger partial charge >= 0.3 is 0 Å². The lowest BCUT2D eigenvalue weighted by molar-refractivity contribution is 0.451. The molecule has 0 aliphatic rings. The summed E-state index contributed by atoms with van der Waals surface area (Å²) in [6, 6.07) is 4.07. The van der Waals surface area contributed by atoms with Crippen LogP contribution < -0.4 is 5.32 Å². The van der Waals surface area contributed by atoms with Crippen LogP contribution in [0.3, 0.4) is 0 Å². The van der Waals surface area contributed by atoms with Crippen LogP contribution in [0.25, 0.3) is 0 Å². The molecular weight excluding hydrogens is 220 g/mol. The number of nitrogens with one attached hydrogen (secondary N) is 1. The van der Waals surface area contributed by atoms with Crippen molar-refractivity contribution >= 4 is 11.3 Å². The van der Waals surface area contributed by atoms with Crippen molar-refractivity contribution in [2.24, 2.45) is 0 Å². The topological polar surface area (TPSA) is 38.1 Å². The lowest BCUT2D eigenvalue weighted by Gasteiger charge is -1.99. The van der Waals surface area contributed by atoms with Crippen LogP contribution in [-0.4, -0.2) is 4.98 Å². The second-order valence-corrected chi connectivity index (χ2v) is 4.99. The molecule has 86 valence electrons. The van der Waals surface area contributed by atoms with Gasteiger partial charge in [0.2, 0.25) is 0 Å². The molecule has 0 spiro atoms. The van der Waals surface area contributed by atoms with E-state index in [2.05, 4.69) is 17.2 Å². The Kier molecular flexibility index (Phi) is 3.74. The molecule has 2 rings (SSSR count). The van der Waals surface area contributed by atoms with Crippen LogP contribution in [0.4, 0.5) is 0 Å².